The maximum absolute atomic E-state index is 14.3. The molecule has 44 heavy (non-hydrogen) atoms. The minimum Gasteiger partial charge on any atom is -0.462 e. The van der Waals surface area contributed by atoms with Crippen LogP contribution >= 0.6 is 0 Å². The highest BCUT2D eigenvalue weighted by Gasteiger charge is 2.43. The largest absolute Gasteiger partial charge is 0.462 e. The topological polar surface area (TPSA) is 88.8 Å². The number of benzene rings is 2. The predicted octanol–water partition coefficient (Wildman–Crippen LogP) is 4.43. The van der Waals surface area contributed by atoms with Gasteiger partial charge < -0.3 is 19.4 Å². The fraction of sp³-hybridized carbons (Fsp3) is 0.471. The molecule has 1 aliphatic carbocycles. The van der Waals surface area contributed by atoms with Gasteiger partial charge in [0.15, 0.2) is 0 Å². The molecule has 6 rings (SSSR count). The average Bonchev–Trinajstić information content (AvgIpc) is 3.75. The number of fused-ring (bicyclic) bond motifs is 2. The molecule has 9 nitrogen and oxygen atoms in total. The van der Waals surface area contributed by atoms with E-state index in [2.05, 4.69) is 65.8 Å². The Kier molecular flexibility index (Phi) is 8.41. The minimum atomic E-state index is -1.05. The Morgan fingerprint density at radius 2 is 2.00 bits per heavy atom. The normalized spacial score (nSPS) is 19.1. The van der Waals surface area contributed by atoms with E-state index in [4.69, 9.17) is 14.7 Å². The second-order valence-electron chi connectivity index (χ2n) is 12.3. The number of amides is 1. The lowest BCUT2D eigenvalue weighted by atomic mass is 9.99. The maximum Gasteiger partial charge on any atom is 0.318 e. The Morgan fingerprint density at radius 3 is 2.75 bits per heavy atom. The Hall–Kier alpha value is -4.23. The molecule has 3 heterocycles. The predicted molar refractivity (Wildman–Crippen MR) is 170 cm³/mol. The summed E-state index contributed by atoms with van der Waals surface area (Å²) in [6.45, 7) is 10.1. The van der Waals surface area contributed by atoms with Gasteiger partial charge in [0.2, 0.25) is 5.91 Å². The first-order chi connectivity index (χ1) is 21.3. The molecular weight excluding hydrogens is 557 g/mol. The van der Waals surface area contributed by atoms with Crippen LogP contribution < -0.4 is 14.5 Å². The number of aromatic nitrogens is 2. The Balaban J connectivity index is 1.29. The minimum absolute atomic E-state index is 0.162. The van der Waals surface area contributed by atoms with Crippen molar-refractivity contribution < 1.29 is 13.9 Å². The van der Waals surface area contributed by atoms with Gasteiger partial charge in [-0.1, -0.05) is 36.9 Å². The summed E-state index contributed by atoms with van der Waals surface area (Å²) in [7, 11) is 1.91. The van der Waals surface area contributed by atoms with E-state index in [-0.39, 0.29) is 18.4 Å². The van der Waals surface area contributed by atoms with Crippen molar-refractivity contribution in [1.29, 1.82) is 5.26 Å². The van der Waals surface area contributed by atoms with Crippen LogP contribution in [0.1, 0.15) is 36.1 Å². The van der Waals surface area contributed by atoms with Gasteiger partial charge in [-0.2, -0.15) is 15.2 Å². The van der Waals surface area contributed by atoms with E-state index >= 15 is 0 Å². The summed E-state index contributed by atoms with van der Waals surface area (Å²) in [4.78, 5) is 30.6. The first-order valence-corrected chi connectivity index (χ1v) is 15.5. The van der Waals surface area contributed by atoms with Gasteiger partial charge in [-0.25, -0.2) is 4.39 Å². The molecule has 3 aromatic rings. The highest BCUT2D eigenvalue weighted by Crippen LogP contribution is 2.40. The highest BCUT2D eigenvalue weighted by atomic mass is 19.1. The second kappa shape index (κ2) is 12.4. The molecule has 10 heteroatoms. The van der Waals surface area contributed by atoms with E-state index in [1.807, 2.05) is 11.9 Å². The van der Waals surface area contributed by atoms with Gasteiger partial charge in [-0.3, -0.25) is 9.69 Å². The molecule has 2 aromatic carbocycles. The van der Waals surface area contributed by atoms with Crippen LogP contribution in [0.3, 0.4) is 0 Å². The van der Waals surface area contributed by atoms with Crippen molar-refractivity contribution in [3.05, 3.63) is 65.9 Å². The van der Waals surface area contributed by atoms with Crippen LogP contribution in [0.2, 0.25) is 0 Å². The van der Waals surface area contributed by atoms with Crippen LogP contribution in [-0.4, -0.2) is 90.3 Å². The molecule has 230 valence electrons. The number of ether oxygens (including phenoxy) is 1. The van der Waals surface area contributed by atoms with E-state index in [0.717, 1.165) is 30.0 Å². The molecule has 1 atom stereocenters. The van der Waals surface area contributed by atoms with Crippen LogP contribution in [0.5, 0.6) is 6.01 Å². The van der Waals surface area contributed by atoms with E-state index in [1.54, 1.807) is 4.90 Å². The zero-order valence-corrected chi connectivity index (χ0v) is 25.6. The molecule has 2 fully saturated rings. The maximum atomic E-state index is 14.3. The number of likely N-dealkylation sites (N-methyl/N-ethyl adjacent to an activating group) is 1. The fourth-order valence-electron chi connectivity index (χ4n) is 6.57. The first kappa shape index (κ1) is 29.8. The van der Waals surface area contributed by atoms with Gasteiger partial charge in [0.25, 0.3) is 0 Å². The van der Waals surface area contributed by atoms with Crippen LogP contribution in [0, 0.1) is 18.3 Å². The standard InChI is InChI=1S/C34H40FN7O2/c1-4-30(43)42-18-17-41(21-26(42)11-15-36)32-27-12-16-40(29-10-6-9-25-8-5-7-24(2)31(25)29)22-28(27)37-33(38-32)44-20-19-39(3)23-34(35)13-14-34/h4-10,26H,1,11-14,16-23H2,2-3H3/t26-/m0/s1. The van der Waals surface area contributed by atoms with Gasteiger partial charge in [0.05, 0.1) is 30.8 Å². The number of alkyl halides is 1. The molecule has 0 N–H and O–H groups in total. The van der Waals surface area contributed by atoms with E-state index in [0.29, 0.717) is 64.7 Å². The first-order valence-electron chi connectivity index (χ1n) is 15.5. The fourth-order valence-corrected chi connectivity index (χ4v) is 6.57. The average molecular weight is 598 g/mol. The number of hydrogen-bond donors (Lipinski definition) is 0. The van der Waals surface area contributed by atoms with Crippen LogP contribution in [-0.2, 0) is 17.8 Å². The molecule has 0 bridgehead atoms. The lowest BCUT2D eigenvalue weighted by Gasteiger charge is -2.42. The Morgan fingerprint density at radius 1 is 1.20 bits per heavy atom. The SMILES string of the molecule is C=CC(=O)N1CCN(c2nc(OCCN(C)CC3(F)CC3)nc3c2CCN(c2cccc4cccc(C)c24)C3)C[C@@H]1CC#N. The molecule has 3 aliphatic rings. The Labute approximate surface area is 258 Å². The third-order valence-corrected chi connectivity index (χ3v) is 9.07. The van der Waals surface area contributed by atoms with Gasteiger partial charge in [0, 0.05) is 55.9 Å². The Bertz CT molecular complexity index is 1600. The van der Waals surface area contributed by atoms with Gasteiger partial charge in [-0.15, -0.1) is 0 Å². The molecule has 0 radical (unpaired) electrons. The molecule has 1 amide bonds. The quantitative estimate of drug-likeness (QED) is 0.317. The molecule has 1 saturated carbocycles. The number of hydrogen-bond acceptors (Lipinski definition) is 8. The highest BCUT2D eigenvalue weighted by molar-refractivity contribution is 5.97. The summed E-state index contributed by atoms with van der Waals surface area (Å²) in [5.74, 6) is 0.645. The van der Waals surface area contributed by atoms with Gasteiger partial charge in [-0.05, 0) is 56.3 Å². The molecule has 2 aliphatic heterocycles. The van der Waals surface area contributed by atoms with E-state index in [9.17, 15) is 14.4 Å². The van der Waals surface area contributed by atoms with Crippen LogP contribution in [0.4, 0.5) is 15.9 Å². The molecule has 1 saturated heterocycles. The van der Waals surface area contributed by atoms with Gasteiger partial charge in [0.1, 0.15) is 18.1 Å². The third-order valence-electron chi connectivity index (χ3n) is 9.07. The van der Waals surface area contributed by atoms with E-state index < -0.39 is 5.67 Å². The molecule has 0 spiro atoms. The van der Waals surface area contributed by atoms with Gasteiger partial charge >= 0.3 is 6.01 Å². The monoisotopic (exact) mass is 597 g/mol. The number of nitriles is 1. The molecule has 1 aromatic heterocycles. The number of halogens is 1. The summed E-state index contributed by atoms with van der Waals surface area (Å²) >= 11 is 0. The van der Waals surface area contributed by atoms with Crippen molar-refractivity contribution in [2.45, 2.75) is 50.9 Å². The lowest BCUT2D eigenvalue weighted by Crippen LogP contribution is -2.55. The van der Waals surface area contributed by atoms with E-state index in [1.165, 1.54) is 28.1 Å². The van der Waals surface area contributed by atoms with Crippen LogP contribution in [0.25, 0.3) is 10.8 Å². The number of anilines is 2. The van der Waals surface area contributed by atoms with Crippen molar-refractivity contribution in [3.8, 4) is 12.1 Å². The summed E-state index contributed by atoms with van der Waals surface area (Å²) in [5.41, 5.74) is 3.36. The summed E-state index contributed by atoms with van der Waals surface area (Å²) in [6.07, 6.45) is 3.54. The zero-order valence-electron chi connectivity index (χ0n) is 25.6. The smallest absolute Gasteiger partial charge is 0.318 e. The second-order valence-corrected chi connectivity index (χ2v) is 12.3. The number of carbonyl (C=O) groups is 1. The lowest BCUT2D eigenvalue weighted by molar-refractivity contribution is -0.128. The van der Waals surface area contributed by atoms with Crippen molar-refractivity contribution in [3.63, 3.8) is 0 Å². The zero-order chi connectivity index (χ0) is 30.8. The van der Waals surface area contributed by atoms with Crippen molar-refractivity contribution in [2.75, 3.05) is 62.7 Å². The third kappa shape index (κ3) is 6.20. The van der Waals surface area contributed by atoms with Crippen molar-refractivity contribution in [2.24, 2.45) is 0 Å². The number of piperazine rings is 1. The summed E-state index contributed by atoms with van der Waals surface area (Å²) in [6, 6.07) is 15.1. The summed E-state index contributed by atoms with van der Waals surface area (Å²) in [5, 5.41) is 12.0. The number of rotatable bonds is 10. The molecular formula is C34H40FN7O2. The van der Waals surface area contributed by atoms with Crippen molar-refractivity contribution in [1.82, 2.24) is 19.8 Å². The number of carbonyl (C=O) groups excluding carboxylic acids is 1. The summed E-state index contributed by atoms with van der Waals surface area (Å²) < 4.78 is 20.4. The number of aryl methyl sites for hydroxylation is 1. The van der Waals surface area contributed by atoms with Crippen molar-refractivity contribution >= 4 is 28.2 Å². The number of nitrogens with zero attached hydrogens (tertiary/aromatic N) is 7. The molecule has 0 unspecified atom stereocenters. The van der Waals surface area contributed by atoms with Crippen LogP contribution in [0.15, 0.2) is 49.1 Å².